The van der Waals surface area contributed by atoms with Gasteiger partial charge in [-0.3, -0.25) is 4.79 Å². The van der Waals surface area contributed by atoms with Crippen molar-refractivity contribution in [3.63, 3.8) is 0 Å². The van der Waals surface area contributed by atoms with Gasteiger partial charge in [-0.2, -0.15) is 5.10 Å². The minimum absolute atomic E-state index is 0.208. The lowest BCUT2D eigenvalue weighted by Crippen LogP contribution is -2.16. The Morgan fingerprint density at radius 2 is 2.56 bits per heavy atom. The molecule has 0 aromatic carbocycles. The summed E-state index contributed by atoms with van der Waals surface area (Å²) in [4.78, 5) is 15.9. The maximum atomic E-state index is 11.3. The molecule has 0 aliphatic heterocycles. The second-order valence-corrected chi connectivity index (χ2v) is 4.34. The van der Waals surface area contributed by atoms with E-state index >= 15 is 0 Å². The van der Waals surface area contributed by atoms with Crippen molar-refractivity contribution < 1.29 is 9.21 Å². The summed E-state index contributed by atoms with van der Waals surface area (Å²) >= 11 is 6.89. The van der Waals surface area contributed by atoms with Gasteiger partial charge in [0.15, 0.2) is 10.2 Å². The van der Waals surface area contributed by atoms with Crippen LogP contribution in [0.3, 0.4) is 0 Å². The molecule has 0 saturated heterocycles. The lowest BCUT2D eigenvalue weighted by atomic mass is 10.4. The number of rotatable bonds is 3. The molecule has 0 radical (unpaired) electrons. The van der Waals surface area contributed by atoms with Crippen LogP contribution in [-0.2, 0) is 0 Å². The van der Waals surface area contributed by atoms with E-state index in [2.05, 4.69) is 15.5 Å². The van der Waals surface area contributed by atoms with E-state index < -0.39 is 5.91 Å². The fourth-order valence-corrected chi connectivity index (χ4v) is 1.77. The van der Waals surface area contributed by atoms with Crippen LogP contribution in [0, 0.1) is 0 Å². The van der Waals surface area contributed by atoms with Crippen LogP contribution in [0.5, 0.6) is 0 Å². The molecular formula is C9H6ClN3O2S. The van der Waals surface area contributed by atoms with E-state index in [0.717, 1.165) is 4.88 Å². The maximum absolute atomic E-state index is 11.3. The van der Waals surface area contributed by atoms with E-state index in [0.29, 0.717) is 4.47 Å². The number of halogens is 1. The van der Waals surface area contributed by atoms with Gasteiger partial charge in [-0.05, 0) is 12.1 Å². The average Bonchev–Trinajstić information content (AvgIpc) is 2.89. The topological polar surface area (TPSA) is 67.5 Å². The Bertz CT molecular complexity index is 507. The molecule has 0 bridgehead atoms. The van der Waals surface area contributed by atoms with E-state index in [1.54, 1.807) is 18.3 Å². The second kappa shape index (κ2) is 4.91. The molecule has 0 aliphatic carbocycles. The zero-order chi connectivity index (χ0) is 11.4. The predicted molar refractivity (Wildman–Crippen MR) is 60.9 cm³/mol. The molecule has 5 nitrogen and oxygen atoms in total. The first-order valence-corrected chi connectivity index (χ1v) is 5.43. The van der Waals surface area contributed by atoms with E-state index in [9.17, 15) is 4.79 Å². The quantitative estimate of drug-likeness (QED) is 0.675. The summed E-state index contributed by atoms with van der Waals surface area (Å²) in [5.41, 5.74) is 2.32. The minimum atomic E-state index is -0.406. The monoisotopic (exact) mass is 255 g/mol. The zero-order valence-corrected chi connectivity index (χ0v) is 9.46. The molecular weight excluding hydrogens is 250 g/mol. The van der Waals surface area contributed by atoms with Crippen molar-refractivity contribution >= 4 is 35.1 Å². The molecule has 82 valence electrons. The second-order valence-electron chi connectivity index (χ2n) is 2.69. The van der Waals surface area contributed by atoms with Gasteiger partial charge in [-0.25, -0.2) is 10.4 Å². The van der Waals surface area contributed by atoms with E-state index in [1.165, 1.54) is 23.8 Å². The van der Waals surface area contributed by atoms with Crippen LogP contribution in [0.4, 0.5) is 0 Å². The summed E-state index contributed by atoms with van der Waals surface area (Å²) in [6, 6.07) is 3.18. The number of nitrogens with one attached hydrogen (secondary N) is 1. The van der Waals surface area contributed by atoms with Gasteiger partial charge in [0.05, 0.1) is 17.4 Å². The fraction of sp³-hybridized carbons (Fsp3) is 0. The average molecular weight is 256 g/mol. The van der Waals surface area contributed by atoms with Crippen LogP contribution in [0.15, 0.2) is 34.1 Å². The number of aromatic nitrogens is 1. The normalized spacial score (nSPS) is 10.8. The minimum Gasteiger partial charge on any atom is -0.459 e. The van der Waals surface area contributed by atoms with E-state index in [-0.39, 0.29) is 5.76 Å². The standard InChI is InChI=1S/C9H6ClN3O2S/c10-9-11-4-6(16-9)5-12-13-8(14)7-2-1-3-15-7/h1-5H,(H,13,14). The first-order valence-electron chi connectivity index (χ1n) is 4.24. The highest BCUT2D eigenvalue weighted by Gasteiger charge is 2.05. The molecule has 0 fully saturated rings. The Hall–Kier alpha value is -1.66. The Morgan fingerprint density at radius 1 is 1.69 bits per heavy atom. The van der Waals surface area contributed by atoms with Gasteiger partial charge in [0.1, 0.15) is 0 Å². The highest BCUT2D eigenvalue weighted by atomic mass is 35.5. The fourth-order valence-electron chi connectivity index (χ4n) is 0.941. The summed E-state index contributed by atoms with van der Waals surface area (Å²) in [5, 5.41) is 3.74. The van der Waals surface area contributed by atoms with Crippen molar-refractivity contribution in [3.05, 3.63) is 39.7 Å². The summed E-state index contributed by atoms with van der Waals surface area (Å²) in [5.74, 6) is -0.198. The summed E-state index contributed by atoms with van der Waals surface area (Å²) in [6.45, 7) is 0. The van der Waals surface area contributed by atoms with Crippen molar-refractivity contribution in [2.75, 3.05) is 0 Å². The third-order valence-corrected chi connectivity index (χ3v) is 2.65. The van der Waals surface area contributed by atoms with Gasteiger partial charge in [-0.1, -0.05) is 11.6 Å². The first kappa shape index (κ1) is 10.8. The number of carbonyl (C=O) groups is 1. The van der Waals surface area contributed by atoms with Crippen LogP contribution < -0.4 is 5.43 Å². The van der Waals surface area contributed by atoms with E-state index in [4.69, 9.17) is 16.0 Å². The van der Waals surface area contributed by atoms with Crippen molar-refractivity contribution in [2.24, 2.45) is 5.10 Å². The van der Waals surface area contributed by atoms with Crippen molar-refractivity contribution in [1.29, 1.82) is 0 Å². The molecule has 0 unspecified atom stereocenters. The number of furan rings is 1. The molecule has 7 heteroatoms. The molecule has 0 spiro atoms. The summed E-state index contributed by atoms with van der Waals surface area (Å²) in [6.07, 6.45) is 4.45. The van der Waals surface area contributed by atoms with Crippen molar-refractivity contribution in [3.8, 4) is 0 Å². The van der Waals surface area contributed by atoms with Crippen LogP contribution in [0.25, 0.3) is 0 Å². The van der Waals surface area contributed by atoms with Gasteiger partial charge in [0.2, 0.25) is 0 Å². The van der Waals surface area contributed by atoms with Crippen LogP contribution in [0.2, 0.25) is 4.47 Å². The predicted octanol–water partition coefficient (Wildman–Crippen LogP) is 2.15. The smallest absolute Gasteiger partial charge is 0.307 e. The number of thiazole rings is 1. The van der Waals surface area contributed by atoms with Gasteiger partial charge in [-0.15, -0.1) is 11.3 Å². The molecule has 16 heavy (non-hydrogen) atoms. The molecule has 0 saturated carbocycles. The molecule has 2 heterocycles. The largest absolute Gasteiger partial charge is 0.459 e. The van der Waals surface area contributed by atoms with Crippen molar-refractivity contribution in [1.82, 2.24) is 10.4 Å². The SMILES string of the molecule is O=C(NN=Cc1cnc(Cl)s1)c1ccco1. The summed E-state index contributed by atoms with van der Waals surface area (Å²) < 4.78 is 5.31. The number of hydrogen-bond donors (Lipinski definition) is 1. The van der Waals surface area contributed by atoms with Gasteiger partial charge < -0.3 is 4.42 Å². The Balaban J connectivity index is 1.93. The third kappa shape index (κ3) is 2.68. The third-order valence-electron chi connectivity index (χ3n) is 1.60. The van der Waals surface area contributed by atoms with Crippen LogP contribution in [0.1, 0.15) is 15.4 Å². The highest BCUT2D eigenvalue weighted by Crippen LogP contribution is 2.15. The number of nitrogens with zero attached hydrogens (tertiary/aromatic N) is 2. The molecule has 0 atom stereocenters. The molecule has 1 amide bonds. The first-order chi connectivity index (χ1) is 7.75. The maximum Gasteiger partial charge on any atom is 0.307 e. The molecule has 2 rings (SSSR count). The van der Waals surface area contributed by atoms with E-state index in [1.807, 2.05) is 0 Å². The van der Waals surface area contributed by atoms with Gasteiger partial charge >= 0.3 is 5.91 Å². The van der Waals surface area contributed by atoms with Crippen LogP contribution in [-0.4, -0.2) is 17.1 Å². The number of amides is 1. The molecule has 0 aliphatic rings. The molecule has 2 aromatic heterocycles. The lowest BCUT2D eigenvalue weighted by Gasteiger charge is -1.93. The van der Waals surface area contributed by atoms with Crippen LogP contribution >= 0.6 is 22.9 Å². The Labute approximate surface area is 99.8 Å². The van der Waals surface area contributed by atoms with Crippen molar-refractivity contribution in [2.45, 2.75) is 0 Å². The van der Waals surface area contributed by atoms with Gasteiger partial charge in [0, 0.05) is 6.20 Å². The number of hydrazone groups is 1. The molecule has 2 aromatic rings. The highest BCUT2D eigenvalue weighted by molar-refractivity contribution is 7.17. The number of carbonyl (C=O) groups excluding carboxylic acids is 1. The Morgan fingerprint density at radius 3 is 3.19 bits per heavy atom. The Kier molecular flexibility index (Phi) is 3.33. The summed E-state index contributed by atoms with van der Waals surface area (Å²) in [7, 11) is 0. The van der Waals surface area contributed by atoms with Gasteiger partial charge in [0.25, 0.3) is 0 Å². The molecule has 1 N–H and O–H groups in total. The number of hydrogen-bond acceptors (Lipinski definition) is 5. The zero-order valence-electron chi connectivity index (χ0n) is 7.88. The lowest BCUT2D eigenvalue weighted by molar-refractivity contribution is 0.0927.